The van der Waals surface area contributed by atoms with Crippen molar-refractivity contribution in [3.05, 3.63) is 66.0 Å². The quantitative estimate of drug-likeness (QED) is 0.411. The molecule has 0 atom stereocenters. The smallest absolute Gasteiger partial charge is 0.335 e. The van der Waals surface area contributed by atoms with E-state index in [4.69, 9.17) is 14.6 Å². The van der Waals surface area contributed by atoms with E-state index in [1.54, 1.807) is 0 Å². The maximum Gasteiger partial charge on any atom is 0.335 e. The van der Waals surface area contributed by atoms with Gasteiger partial charge in [0.25, 0.3) is 0 Å². The molecule has 8 heteroatoms. The van der Waals surface area contributed by atoms with Crippen LogP contribution in [0.5, 0.6) is 5.75 Å². The minimum absolute atomic E-state index is 0.0837. The van der Waals surface area contributed by atoms with E-state index in [9.17, 15) is 9.90 Å². The molecule has 0 saturated carbocycles. The summed E-state index contributed by atoms with van der Waals surface area (Å²) in [6, 6.07) is 16.0. The summed E-state index contributed by atoms with van der Waals surface area (Å²) in [6.45, 7) is 6.17. The topological polar surface area (TPSA) is 91.4 Å². The van der Waals surface area contributed by atoms with Crippen molar-refractivity contribution in [1.82, 2.24) is 19.6 Å². The second-order valence-electron chi connectivity index (χ2n) is 8.37. The minimum Gasteiger partial charge on any atom is -0.494 e. The van der Waals surface area contributed by atoms with Gasteiger partial charge in [0, 0.05) is 23.6 Å². The van der Waals surface area contributed by atoms with Gasteiger partial charge in [-0.15, -0.1) is 0 Å². The van der Waals surface area contributed by atoms with Gasteiger partial charge in [-0.25, -0.2) is 4.79 Å². The van der Waals surface area contributed by atoms with E-state index in [-0.39, 0.29) is 6.61 Å². The van der Waals surface area contributed by atoms with Crippen LogP contribution in [0.3, 0.4) is 0 Å². The predicted octanol–water partition coefficient (Wildman–Crippen LogP) is 4.26. The number of hydrogen-bond acceptors (Lipinski definition) is 5. The van der Waals surface area contributed by atoms with Crippen molar-refractivity contribution in [2.24, 2.45) is 7.05 Å². The summed E-state index contributed by atoms with van der Waals surface area (Å²) < 4.78 is 15.2. The van der Waals surface area contributed by atoms with Gasteiger partial charge in [-0.3, -0.25) is 9.36 Å². The third kappa shape index (κ3) is 4.75. The van der Waals surface area contributed by atoms with E-state index >= 15 is 0 Å². The summed E-state index contributed by atoms with van der Waals surface area (Å²) >= 11 is 0. The van der Waals surface area contributed by atoms with Crippen LogP contribution in [0.2, 0.25) is 0 Å². The molecule has 33 heavy (non-hydrogen) atoms. The van der Waals surface area contributed by atoms with Crippen LogP contribution in [0.4, 0.5) is 0 Å². The first-order valence-electron chi connectivity index (χ1n) is 10.9. The first-order valence-corrected chi connectivity index (χ1v) is 10.9. The van der Waals surface area contributed by atoms with Crippen LogP contribution in [0, 0.1) is 0 Å². The molecule has 0 spiro atoms. The summed E-state index contributed by atoms with van der Waals surface area (Å²) in [4.78, 5) is 11.4. The molecule has 0 unspecified atom stereocenters. The minimum atomic E-state index is -1.31. The van der Waals surface area contributed by atoms with Gasteiger partial charge in [-0.2, -0.15) is 10.2 Å². The third-order valence-electron chi connectivity index (χ3n) is 5.56. The zero-order valence-electron chi connectivity index (χ0n) is 19.3. The number of aromatic nitrogens is 4. The number of carbonyl (C=O) groups is 1. The van der Waals surface area contributed by atoms with Gasteiger partial charge < -0.3 is 14.6 Å². The van der Waals surface area contributed by atoms with Crippen LogP contribution >= 0.6 is 0 Å². The number of nitrogens with zero attached hydrogens (tertiary/aromatic N) is 4. The molecule has 0 radical (unpaired) electrons. The van der Waals surface area contributed by atoms with Gasteiger partial charge >= 0.3 is 5.97 Å². The molecule has 2 aromatic heterocycles. The average Bonchev–Trinajstić information content (AvgIpc) is 3.37. The standard InChI is InChI=1S/C25H28N4O4/c1-5-32-23-9-7-6-8-19(23)15-29-22(13-20(27-29)16-33-25(2,3)24(30)31)17-10-11-18-14-26-28(4)21(18)12-17/h6-14H,5,15-16H2,1-4H3,(H,30,31). The lowest BCUT2D eigenvalue weighted by Crippen LogP contribution is -2.34. The third-order valence-corrected chi connectivity index (χ3v) is 5.56. The van der Waals surface area contributed by atoms with Crippen molar-refractivity contribution in [2.75, 3.05) is 6.61 Å². The highest BCUT2D eigenvalue weighted by Gasteiger charge is 2.28. The number of carboxylic acids is 1. The number of ether oxygens (including phenoxy) is 2. The Balaban J connectivity index is 1.74. The highest BCUT2D eigenvalue weighted by molar-refractivity contribution is 5.83. The average molecular weight is 449 g/mol. The maximum atomic E-state index is 11.4. The number of aliphatic carboxylic acids is 1. The van der Waals surface area contributed by atoms with E-state index in [0.717, 1.165) is 33.5 Å². The van der Waals surface area contributed by atoms with E-state index < -0.39 is 11.6 Å². The Morgan fingerprint density at radius 3 is 2.70 bits per heavy atom. The number of aryl methyl sites for hydroxylation is 1. The fraction of sp³-hybridized carbons (Fsp3) is 0.320. The van der Waals surface area contributed by atoms with Crippen LogP contribution in [0.25, 0.3) is 22.2 Å². The normalized spacial score (nSPS) is 11.8. The van der Waals surface area contributed by atoms with E-state index in [1.165, 1.54) is 13.8 Å². The Bertz CT molecular complexity index is 1290. The highest BCUT2D eigenvalue weighted by Crippen LogP contribution is 2.28. The second kappa shape index (κ2) is 9.07. The van der Waals surface area contributed by atoms with Gasteiger partial charge in [0.1, 0.15) is 5.75 Å². The molecule has 1 N–H and O–H groups in total. The molecule has 0 saturated heterocycles. The van der Waals surface area contributed by atoms with Crippen molar-refractivity contribution in [2.45, 2.75) is 39.5 Å². The molecule has 0 aliphatic heterocycles. The lowest BCUT2D eigenvalue weighted by Gasteiger charge is -2.19. The molecule has 2 heterocycles. The number of para-hydroxylation sites is 1. The summed E-state index contributed by atoms with van der Waals surface area (Å²) in [5.41, 5.74) is 3.24. The van der Waals surface area contributed by atoms with Crippen LogP contribution in [0.1, 0.15) is 32.0 Å². The second-order valence-corrected chi connectivity index (χ2v) is 8.37. The first-order chi connectivity index (χ1) is 15.8. The molecule has 4 rings (SSSR count). The van der Waals surface area contributed by atoms with Crippen molar-refractivity contribution in [3.63, 3.8) is 0 Å². The summed E-state index contributed by atoms with van der Waals surface area (Å²) in [5.74, 6) is -0.206. The number of fused-ring (bicyclic) bond motifs is 1. The van der Waals surface area contributed by atoms with E-state index in [2.05, 4.69) is 11.2 Å². The van der Waals surface area contributed by atoms with Crippen molar-refractivity contribution >= 4 is 16.9 Å². The zero-order valence-corrected chi connectivity index (χ0v) is 19.3. The lowest BCUT2D eigenvalue weighted by atomic mass is 10.1. The molecule has 0 aliphatic carbocycles. The molecule has 4 aromatic rings. The van der Waals surface area contributed by atoms with Gasteiger partial charge in [0.05, 0.1) is 42.9 Å². The number of rotatable bonds is 9. The first kappa shape index (κ1) is 22.5. The van der Waals surface area contributed by atoms with Gasteiger partial charge in [-0.05, 0) is 39.0 Å². The Morgan fingerprint density at radius 2 is 1.94 bits per heavy atom. The van der Waals surface area contributed by atoms with Crippen LogP contribution < -0.4 is 4.74 Å². The molecule has 172 valence electrons. The summed E-state index contributed by atoms with van der Waals surface area (Å²) in [6.07, 6.45) is 1.84. The molecule has 0 amide bonds. The van der Waals surface area contributed by atoms with Gasteiger partial charge in [-0.1, -0.05) is 30.3 Å². The molecule has 0 bridgehead atoms. The maximum absolute atomic E-state index is 11.4. The zero-order chi connectivity index (χ0) is 23.6. The lowest BCUT2D eigenvalue weighted by molar-refractivity contribution is -0.162. The Morgan fingerprint density at radius 1 is 1.15 bits per heavy atom. The van der Waals surface area contributed by atoms with Crippen LogP contribution in [-0.4, -0.2) is 42.8 Å². The van der Waals surface area contributed by atoms with Crippen molar-refractivity contribution < 1.29 is 19.4 Å². The summed E-state index contributed by atoms with van der Waals surface area (Å²) in [5, 5.41) is 19.5. The largest absolute Gasteiger partial charge is 0.494 e. The monoisotopic (exact) mass is 448 g/mol. The van der Waals surface area contributed by atoms with Gasteiger partial charge in [0.15, 0.2) is 5.60 Å². The molecular weight excluding hydrogens is 420 g/mol. The van der Waals surface area contributed by atoms with Crippen LogP contribution in [0.15, 0.2) is 54.7 Å². The van der Waals surface area contributed by atoms with Crippen LogP contribution in [-0.2, 0) is 29.7 Å². The molecule has 0 fully saturated rings. The molecule has 0 aliphatic rings. The van der Waals surface area contributed by atoms with Crippen molar-refractivity contribution in [1.29, 1.82) is 0 Å². The highest BCUT2D eigenvalue weighted by atomic mass is 16.5. The Kier molecular flexibility index (Phi) is 6.20. The van der Waals surface area contributed by atoms with Crippen molar-refractivity contribution in [3.8, 4) is 17.0 Å². The number of hydrogen-bond donors (Lipinski definition) is 1. The van der Waals surface area contributed by atoms with E-state index in [0.29, 0.717) is 18.8 Å². The Labute approximate surface area is 192 Å². The van der Waals surface area contributed by atoms with Gasteiger partial charge in [0.2, 0.25) is 0 Å². The Hall–Kier alpha value is -3.65. The number of carboxylic acid groups (broad SMARTS) is 1. The molecule has 2 aromatic carbocycles. The SMILES string of the molecule is CCOc1ccccc1Cn1nc(COC(C)(C)C(=O)O)cc1-c1ccc2cnn(C)c2c1. The summed E-state index contributed by atoms with van der Waals surface area (Å²) in [7, 11) is 1.91. The predicted molar refractivity (Wildman–Crippen MR) is 125 cm³/mol. The number of benzene rings is 2. The fourth-order valence-electron chi connectivity index (χ4n) is 3.61. The fourth-order valence-corrected chi connectivity index (χ4v) is 3.61. The molecular formula is C25H28N4O4. The molecule has 8 nitrogen and oxygen atoms in total. The van der Waals surface area contributed by atoms with E-state index in [1.807, 2.05) is 72.0 Å².